The quantitative estimate of drug-likeness (QED) is 0.805. The van der Waals surface area contributed by atoms with Crippen molar-refractivity contribution in [2.24, 2.45) is 0 Å². The fraction of sp³-hybridized carbons (Fsp3) is 0.167. The van der Waals surface area contributed by atoms with Crippen LogP contribution in [0.5, 0.6) is 0 Å². The summed E-state index contributed by atoms with van der Waals surface area (Å²) in [5, 5.41) is 4.48. The van der Waals surface area contributed by atoms with Crippen LogP contribution in [0.15, 0.2) is 28.9 Å². The fourth-order valence-corrected chi connectivity index (χ4v) is 1.96. The largest absolute Gasteiger partial charge is 0.462 e. The van der Waals surface area contributed by atoms with Gasteiger partial charge in [-0.2, -0.15) is 0 Å². The van der Waals surface area contributed by atoms with E-state index in [0.29, 0.717) is 15.6 Å². The zero-order chi connectivity index (χ0) is 13.1. The van der Waals surface area contributed by atoms with Crippen LogP contribution in [0, 0.1) is 0 Å². The summed E-state index contributed by atoms with van der Waals surface area (Å²) in [7, 11) is 0. The monoisotopic (exact) mass is 285 g/mol. The Morgan fingerprint density at radius 3 is 2.89 bits per heavy atom. The van der Waals surface area contributed by atoms with Crippen LogP contribution in [0.2, 0.25) is 10.0 Å². The van der Waals surface area contributed by atoms with Gasteiger partial charge in [-0.15, -0.1) is 0 Å². The van der Waals surface area contributed by atoms with Gasteiger partial charge in [-0.05, 0) is 25.1 Å². The van der Waals surface area contributed by atoms with E-state index < -0.39 is 5.97 Å². The maximum absolute atomic E-state index is 11.7. The Morgan fingerprint density at radius 1 is 1.44 bits per heavy atom. The lowest BCUT2D eigenvalue weighted by atomic mass is 10.1. The normalized spacial score (nSPS) is 10.4. The molecular weight excluding hydrogens is 277 g/mol. The van der Waals surface area contributed by atoms with Gasteiger partial charge in [0.1, 0.15) is 5.56 Å². The Bertz CT molecular complexity index is 580. The number of esters is 1. The van der Waals surface area contributed by atoms with Crippen LogP contribution in [-0.4, -0.2) is 17.7 Å². The molecule has 2 aromatic rings. The van der Waals surface area contributed by atoms with Crippen molar-refractivity contribution in [3.05, 3.63) is 40.0 Å². The summed E-state index contributed by atoms with van der Waals surface area (Å²) in [6.07, 6.45) is 1.30. The molecule has 2 rings (SSSR count). The van der Waals surface area contributed by atoms with E-state index in [9.17, 15) is 4.79 Å². The highest BCUT2D eigenvalue weighted by molar-refractivity contribution is 6.36. The molecule has 6 heteroatoms. The van der Waals surface area contributed by atoms with E-state index in [4.69, 9.17) is 32.5 Å². The van der Waals surface area contributed by atoms with Gasteiger partial charge in [0.25, 0.3) is 0 Å². The molecule has 18 heavy (non-hydrogen) atoms. The maximum atomic E-state index is 11.7. The Hall–Kier alpha value is -1.52. The second-order valence-corrected chi connectivity index (χ2v) is 4.26. The van der Waals surface area contributed by atoms with Crippen molar-refractivity contribution in [3.8, 4) is 11.3 Å². The molecule has 1 heterocycles. The molecule has 0 bridgehead atoms. The van der Waals surface area contributed by atoms with Crippen LogP contribution >= 0.6 is 23.2 Å². The molecular formula is C12H9Cl2NO3. The Balaban J connectivity index is 2.45. The van der Waals surface area contributed by atoms with Crippen LogP contribution in [0.3, 0.4) is 0 Å². The molecule has 0 atom stereocenters. The first kappa shape index (κ1) is 12.9. The smallest absolute Gasteiger partial charge is 0.343 e. The number of hydrogen-bond acceptors (Lipinski definition) is 4. The van der Waals surface area contributed by atoms with Gasteiger partial charge >= 0.3 is 5.97 Å². The minimum Gasteiger partial charge on any atom is -0.462 e. The molecule has 4 nitrogen and oxygen atoms in total. The Morgan fingerprint density at radius 2 is 2.22 bits per heavy atom. The molecule has 1 aromatic heterocycles. The van der Waals surface area contributed by atoms with Crippen LogP contribution in [0.25, 0.3) is 11.3 Å². The van der Waals surface area contributed by atoms with Crippen molar-refractivity contribution in [1.82, 2.24) is 5.16 Å². The van der Waals surface area contributed by atoms with Crippen LogP contribution in [0.1, 0.15) is 17.3 Å². The average Bonchev–Trinajstić information content (AvgIpc) is 2.78. The number of rotatable bonds is 3. The predicted octanol–water partition coefficient (Wildman–Crippen LogP) is 3.83. The predicted molar refractivity (Wildman–Crippen MR) is 67.9 cm³/mol. The molecule has 0 radical (unpaired) electrons. The third-order valence-electron chi connectivity index (χ3n) is 2.24. The zero-order valence-corrected chi connectivity index (χ0v) is 11.0. The first-order chi connectivity index (χ1) is 8.63. The number of ether oxygens (including phenoxy) is 1. The molecule has 0 saturated carbocycles. The highest BCUT2D eigenvalue weighted by Crippen LogP contribution is 2.32. The molecule has 0 N–H and O–H groups in total. The summed E-state index contributed by atoms with van der Waals surface area (Å²) >= 11 is 11.9. The number of halogens is 2. The van der Waals surface area contributed by atoms with Gasteiger partial charge in [0, 0.05) is 10.6 Å². The lowest BCUT2D eigenvalue weighted by Gasteiger charge is -2.03. The fourth-order valence-electron chi connectivity index (χ4n) is 1.46. The molecule has 0 fully saturated rings. The van der Waals surface area contributed by atoms with Crippen molar-refractivity contribution in [1.29, 1.82) is 0 Å². The van der Waals surface area contributed by atoms with Gasteiger partial charge in [0.2, 0.25) is 0 Å². The highest BCUT2D eigenvalue weighted by Gasteiger charge is 2.20. The summed E-state index contributed by atoms with van der Waals surface area (Å²) in [5.74, 6) is -0.227. The van der Waals surface area contributed by atoms with E-state index >= 15 is 0 Å². The molecule has 1 aromatic carbocycles. The second-order valence-electron chi connectivity index (χ2n) is 3.41. The topological polar surface area (TPSA) is 52.3 Å². The molecule has 0 spiro atoms. The zero-order valence-electron chi connectivity index (χ0n) is 9.44. The minimum absolute atomic E-state index is 0.237. The van der Waals surface area contributed by atoms with Gasteiger partial charge in [-0.1, -0.05) is 28.4 Å². The highest BCUT2D eigenvalue weighted by atomic mass is 35.5. The molecule has 0 aliphatic carbocycles. The van der Waals surface area contributed by atoms with E-state index in [1.165, 1.54) is 6.20 Å². The van der Waals surface area contributed by atoms with Crippen molar-refractivity contribution in [2.75, 3.05) is 6.61 Å². The number of benzene rings is 1. The second kappa shape index (κ2) is 5.42. The Labute approximate surface area is 113 Å². The molecule has 0 unspecified atom stereocenters. The van der Waals surface area contributed by atoms with Gasteiger partial charge in [-0.25, -0.2) is 4.79 Å². The first-order valence-corrected chi connectivity index (χ1v) is 5.96. The van der Waals surface area contributed by atoms with Gasteiger partial charge in [-0.3, -0.25) is 0 Å². The summed E-state index contributed by atoms with van der Waals surface area (Å²) in [6, 6.07) is 4.88. The van der Waals surface area contributed by atoms with E-state index in [2.05, 4.69) is 5.16 Å². The maximum Gasteiger partial charge on any atom is 0.343 e. The Kier molecular flexibility index (Phi) is 3.89. The van der Waals surface area contributed by atoms with Crippen LogP contribution in [-0.2, 0) is 4.74 Å². The van der Waals surface area contributed by atoms with Crippen LogP contribution < -0.4 is 0 Å². The summed E-state index contributed by atoms with van der Waals surface area (Å²) in [4.78, 5) is 11.7. The lowest BCUT2D eigenvalue weighted by molar-refractivity contribution is 0.0527. The van der Waals surface area contributed by atoms with Crippen molar-refractivity contribution in [3.63, 3.8) is 0 Å². The minimum atomic E-state index is -0.500. The van der Waals surface area contributed by atoms with Crippen LogP contribution in [0.4, 0.5) is 0 Å². The van der Waals surface area contributed by atoms with Crippen molar-refractivity contribution in [2.45, 2.75) is 6.92 Å². The SMILES string of the molecule is CCOC(=O)c1cnoc1-c1ccc(Cl)cc1Cl. The third kappa shape index (κ3) is 2.49. The number of aromatic nitrogens is 1. The summed E-state index contributed by atoms with van der Waals surface area (Å²) in [5.41, 5.74) is 0.780. The number of nitrogens with zero attached hydrogens (tertiary/aromatic N) is 1. The molecule has 0 amide bonds. The number of carbonyl (C=O) groups excluding carboxylic acids is 1. The summed E-state index contributed by atoms with van der Waals surface area (Å²) < 4.78 is 9.96. The van der Waals surface area contributed by atoms with Gasteiger partial charge in [0.15, 0.2) is 5.76 Å². The number of hydrogen-bond donors (Lipinski definition) is 0. The average molecular weight is 286 g/mol. The van der Waals surface area contributed by atoms with Gasteiger partial charge < -0.3 is 9.26 Å². The van der Waals surface area contributed by atoms with Crippen molar-refractivity contribution < 1.29 is 14.1 Å². The molecule has 94 valence electrons. The van der Waals surface area contributed by atoms with Gasteiger partial charge in [0.05, 0.1) is 17.8 Å². The van der Waals surface area contributed by atoms with E-state index in [-0.39, 0.29) is 17.9 Å². The van der Waals surface area contributed by atoms with E-state index in [0.717, 1.165) is 0 Å². The van der Waals surface area contributed by atoms with E-state index in [1.807, 2.05) is 0 Å². The first-order valence-electron chi connectivity index (χ1n) is 5.20. The number of carbonyl (C=O) groups is 1. The van der Waals surface area contributed by atoms with Crippen molar-refractivity contribution >= 4 is 29.2 Å². The molecule has 0 saturated heterocycles. The van der Waals surface area contributed by atoms with E-state index in [1.54, 1.807) is 25.1 Å². The third-order valence-corrected chi connectivity index (χ3v) is 2.79. The summed E-state index contributed by atoms with van der Waals surface area (Å²) in [6.45, 7) is 2.00. The lowest BCUT2D eigenvalue weighted by Crippen LogP contribution is -2.04. The molecule has 0 aliphatic rings. The molecule has 0 aliphatic heterocycles. The standard InChI is InChI=1S/C12H9Cl2NO3/c1-2-17-12(16)9-6-15-18-11(9)8-4-3-7(13)5-10(8)14/h3-6H,2H2,1H3.